The Kier molecular flexibility index (Phi) is 5.28. The van der Waals surface area contributed by atoms with Gasteiger partial charge in [0, 0.05) is 51.5 Å². The third-order valence-electron chi connectivity index (χ3n) is 4.87. The number of rotatable bonds is 6. The van der Waals surface area contributed by atoms with E-state index in [1.807, 2.05) is 12.3 Å². The van der Waals surface area contributed by atoms with Crippen molar-refractivity contribution in [2.45, 2.75) is 51.6 Å². The number of methoxy groups -OCH3 is 1. The standard InChI is InChI=1S/C18H28N4O/c1-14(2)21-11-8-15(9-12-21)22-17(7-5-13-23-3)20-16-6-4-10-19-18(16)22/h4,6,10,14-15H,5,7-9,11-13H2,1-3H3. The summed E-state index contributed by atoms with van der Waals surface area (Å²) in [5.41, 5.74) is 2.06. The monoisotopic (exact) mass is 316 g/mol. The summed E-state index contributed by atoms with van der Waals surface area (Å²) in [6, 6.07) is 5.19. The van der Waals surface area contributed by atoms with Crippen LogP contribution < -0.4 is 0 Å². The van der Waals surface area contributed by atoms with E-state index in [9.17, 15) is 0 Å². The van der Waals surface area contributed by atoms with Crippen molar-refractivity contribution in [1.29, 1.82) is 0 Å². The van der Waals surface area contributed by atoms with E-state index in [1.54, 1.807) is 7.11 Å². The van der Waals surface area contributed by atoms with E-state index in [2.05, 4.69) is 34.4 Å². The molecular formula is C18H28N4O. The molecule has 1 fully saturated rings. The second kappa shape index (κ2) is 7.41. The van der Waals surface area contributed by atoms with Crippen LogP contribution in [0, 0.1) is 0 Å². The summed E-state index contributed by atoms with van der Waals surface area (Å²) in [7, 11) is 1.76. The van der Waals surface area contributed by atoms with Crippen LogP contribution in [0.1, 0.15) is 45.0 Å². The molecule has 0 aromatic carbocycles. The van der Waals surface area contributed by atoms with Gasteiger partial charge in [-0.2, -0.15) is 0 Å². The first-order chi connectivity index (χ1) is 11.2. The highest BCUT2D eigenvalue weighted by Crippen LogP contribution is 2.29. The Morgan fingerprint density at radius 1 is 1.30 bits per heavy atom. The normalized spacial score (nSPS) is 17.4. The molecule has 0 amide bonds. The highest BCUT2D eigenvalue weighted by Gasteiger charge is 2.25. The number of nitrogens with zero attached hydrogens (tertiary/aromatic N) is 4. The molecule has 3 rings (SSSR count). The molecule has 23 heavy (non-hydrogen) atoms. The van der Waals surface area contributed by atoms with Gasteiger partial charge in [-0.1, -0.05) is 0 Å². The van der Waals surface area contributed by atoms with Gasteiger partial charge in [-0.05, 0) is 45.2 Å². The smallest absolute Gasteiger partial charge is 0.160 e. The first-order valence-corrected chi connectivity index (χ1v) is 8.75. The molecule has 2 aromatic rings. The lowest BCUT2D eigenvalue weighted by atomic mass is 10.0. The molecule has 5 heteroatoms. The van der Waals surface area contributed by atoms with Gasteiger partial charge in [-0.15, -0.1) is 0 Å². The zero-order chi connectivity index (χ0) is 16.2. The van der Waals surface area contributed by atoms with Gasteiger partial charge in [0.25, 0.3) is 0 Å². The van der Waals surface area contributed by atoms with Crippen LogP contribution in [0.4, 0.5) is 0 Å². The van der Waals surface area contributed by atoms with Crippen LogP contribution >= 0.6 is 0 Å². The molecule has 5 nitrogen and oxygen atoms in total. The number of ether oxygens (including phenoxy) is 1. The third-order valence-corrected chi connectivity index (χ3v) is 4.87. The third kappa shape index (κ3) is 3.56. The Balaban J connectivity index is 1.84. The second-order valence-electron chi connectivity index (χ2n) is 6.70. The average Bonchev–Trinajstić information content (AvgIpc) is 2.93. The topological polar surface area (TPSA) is 43.2 Å². The predicted octanol–water partition coefficient (Wildman–Crippen LogP) is 3.06. The molecule has 126 valence electrons. The average molecular weight is 316 g/mol. The molecule has 0 aliphatic carbocycles. The van der Waals surface area contributed by atoms with E-state index in [1.165, 1.54) is 18.7 Å². The van der Waals surface area contributed by atoms with Gasteiger partial charge in [-0.3, -0.25) is 0 Å². The quantitative estimate of drug-likeness (QED) is 0.768. The van der Waals surface area contributed by atoms with E-state index >= 15 is 0 Å². The van der Waals surface area contributed by atoms with Gasteiger partial charge in [-0.25, -0.2) is 9.97 Å². The number of imidazole rings is 1. The Morgan fingerprint density at radius 2 is 2.09 bits per heavy atom. The van der Waals surface area contributed by atoms with Gasteiger partial charge in [0.1, 0.15) is 11.3 Å². The summed E-state index contributed by atoms with van der Waals surface area (Å²) < 4.78 is 7.61. The fraction of sp³-hybridized carbons (Fsp3) is 0.667. The number of likely N-dealkylation sites (tertiary alicyclic amines) is 1. The van der Waals surface area contributed by atoms with Crippen LogP contribution in [0.3, 0.4) is 0 Å². The molecule has 0 atom stereocenters. The van der Waals surface area contributed by atoms with Crippen molar-refractivity contribution in [2.24, 2.45) is 0 Å². The summed E-state index contributed by atoms with van der Waals surface area (Å²) in [4.78, 5) is 12.0. The maximum Gasteiger partial charge on any atom is 0.160 e. The Labute approximate surface area is 138 Å². The first-order valence-electron chi connectivity index (χ1n) is 8.75. The second-order valence-corrected chi connectivity index (χ2v) is 6.70. The number of fused-ring (bicyclic) bond motifs is 1. The molecule has 0 unspecified atom stereocenters. The van der Waals surface area contributed by atoms with Crippen molar-refractivity contribution in [3.05, 3.63) is 24.2 Å². The summed E-state index contributed by atoms with van der Waals surface area (Å²) >= 11 is 0. The van der Waals surface area contributed by atoms with Crippen molar-refractivity contribution in [1.82, 2.24) is 19.4 Å². The number of hydrogen-bond acceptors (Lipinski definition) is 4. The summed E-state index contributed by atoms with van der Waals surface area (Å²) in [5, 5.41) is 0. The van der Waals surface area contributed by atoms with Crippen LogP contribution in [0.25, 0.3) is 11.2 Å². The van der Waals surface area contributed by atoms with Crippen molar-refractivity contribution < 1.29 is 4.74 Å². The fourth-order valence-electron chi connectivity index (χ4n) is 3.57. The predicted molar refractivity (Wildman–Crippen MR) is 92.7 cm³/mol. The van der Waals surface area contributed by atoms with E-state index in [0.29, 0.717) is 12.1 Å². The van der Waals surface area contributed by atoms with E-state index in [-0.39, 0.29) is 0 Å². The van der Waals surface area contributed by atoms with Crippen LogP contribution in [-0.2, 0) is 11.2 Å². The Morgan fingerprint density at radius 3 is 2.78 bits per heavy atom. The van der Waals surface area contributed by atoms with Gasteiger partial charge >= 0.3 is 0 Å². The number of aryl methyl sites for hydroxylation is 1. The number of piperidine rings is 1. The van der Waals surface area contributed by atoms with Crippen molar-refractivity contribution in [3.63, 3.8) is 0 Å². The van der Waals surface area contributed by atoms with Crippen LogP contribution in [-0.4, -0.2) is 52.3 Å². The van der Waals surface area contributed by atoms with E-state index in [0.717, 1.165) is 43.7 Å². The van der Waals surface area contributed by atoms with Gasteiger partial charge in [0.15, 0.2) is 5.65 Å². The molecule has 0 saturated carbocycles. The first kappa shape index (κ1) is 16.4. The SMILES string of the molecule is COCCCc1nc2cccnc2n1C1CCN(C(C)C)CC1. The number of hydrogen-bond donors (Lipinski definition) is 0. The Hall–Kier alpha value is -1.46. The summed E-state index contributed by atoms with van der Waals surface area (Å²) in [6.07, 6.45) is 6.19. The molecule has 3 heterocycles. The van der Waals surface area contributed by atoms with Crippen LogP contribution in [0.5, 0.6) is 0 Å². The van der Waals surface area contributed by atoms with Crippen molar-refractivity contribution in [2.75, 3.05) is 26.8 Å². The minimum atomic E-state index is 0.516. The minimum absolute atomic E-state index is 0.516. The van der Waals surface area contributed by atoms with Gasteiger partial charge < -0.3 is 14.2 Å². The lowest BCUT2D eigenvalue weighted by Crippen LogP contribution is -2.39. The van der Waals surface area contributed by atoms with Crippen LogP contribution in [0.15, 0.2) is 18.3 Å². The zero-order valence-electron chi connectivity index (χ0n) is 14.5. The molecule has 1 saturated heterocycles. The van der Waals surface area contributed by atoms with Gasteiger partial charge in [0.05, 0.1) is 0 Å². The van der Waals surface area contributed by atoms with E-state index in [4.69, 9.17) is 9.72 Å². The molecule has 1 aliphatic rings. The fourth-order valence-corrected chi connectivity index (χ4v) is 3.57. The molecular weight excluding hydrogens is 288 g/mol. The van der Waals surface area contributed by atoms with Crippen molar-refractivity contribution in [3.8, 4) is 0 Å². The maximum atomic E-state index is 5.20. The number of pyridine rings is 1. The molecule has 1 aliphatic heterocycles. The molecule has 0 N–H and O–H groups in total. The Bertz CT molecular complexity index is 629. The zero-order valence-corrected chi connectivity index (χ0v) is 14.5. The van der Waals surface area contributed by atoms with Crippen LogP contribution in [0.2, 0.25) is 0 Å². The highest BCUT2D eigenvalue weighted by atomic mass is 16.5. The molecule has 0 spiro atoms. The molecule has 2 aromatic heterocycles. The van der Waals surface area contributed by atoms with Gasteiger partial charge in [0.2, 0.25) is 0 Å². The minimum Gasteiger partial charge on any atom is -0.385 e. The lowest BCUT2D eigenvalue weighted by molar-refractivity contribution is 0.151. The lowest BCUT2D eigenvalue weighted by Gasteiger charge is -2.35. The maximum absolute atomic E-state index is 5.20. The number of aromatic nitrogens is 3. The molecule has 0 radical (unpaired) electrons. The molecule has 0 bridgehead atoms. The highest BCUT2D eigenvalue weighted by molar-refractivity contribution is 5.71. The van der Waals surface area contributed by atoms with E-state index < -0.39 is 0 Å². The largest absolute Gasteiger partial charge is 0.385 e. The van der Waals surface area contributed by atoms with Crippen molar-refractivity contribution >= 4 is 11.2 Å². The summed E-state index contributed by atoms with van der Waals surface area (Å²) in [5.74, 6) is 1.17. The summed E-state index contributed by atoms with van der Waals surface area (Å²) in [6.45, 7) is 7.66.